The Hall–Kier alpha value is -1.20. The number of rotatable bonds is 4. The molecule has 0 unspecified atom stereocenters. The van der Waals surface area contributed by atoms with E-state index in [1.54, 1.807) is 11.3 Å². The van der Waals surface area contributed by atoms with Gasteiger partial charge in [-0.15, -0.1) is 11.3 Å². The van der Waals surface area contributed by atoms with Crippen molar-refractivity contribution in [1.82, 2.24) is 14.9 Å². The Labute approximate surface area is 137 Å². The van der Waals surface area contributed by atoms with E-state index in [1.807, 2.05) is 6.92 Å². The molecule has 0 radical (unpaired) electrons. The molecule has 1 aliphatic heterocycles. The second kappa shape index (κ2) is 6.50. The number of thiophene rings is 1. The molecule has 2 aromatic rings. The Morgan fingerprint density at radius 3 is 2.55 bits per heavy atom. The van der Waals surface area contributed by atoms with E-state index >= 15 is 0 Å². The molecule has 1 fully saturated rings. The smallest absolute Gasteiger partial charge is 0.141 e. The van der Waals surface area contributed by atoms with Crippen LogP contribution >= 0.6 is 11.3 Å². The summed E-state index contributed by atoms with van der Waals surface area (Å²) in [6.45, 7) is 14.3. The topological polar surface area (TPSA) is 32.3 Å². The van der Waals surface area contributed by atoms with E-state index in [2.05, 4.69) is 40.9 Å². The highest BCUT2D eigenvalue weighted by atomic mass is 32.1. The average Bonchev–Trinajstić information content (AvgIpc) is 2.88. The minimum atomic E-state index is 0.656. The second-order valence-electron chi connectivity index (χ2n) is 6.55. The lowest BCUT2D eigenvalue weighted by Gasteiger charge is -2.35. The van der Waals surface area contributed by atoms with Gasteiger partial charge in [-0.1, -0.05) is 20.8 Å². The van der Waals surface area contributed by atoms with Crippen molar-refractivity contribution in [1.29, 1.82) is 0 Å². The van der Waals surface area contributed by atoms with E-state index in [4.69, 9.17) is 4.98 Å². The number of piperazine rings is 1. The van der Waals surface area contributed by atoms with Gasteiger partial charge in [-0.2, -0.15) is 0 Å². The number of hydrogen-bond donors (Lipinski definition) is 0. The summed E-state index contributed by atoms with van der Waals surface area (Å²) >= 11 is 1.77. The maximum Gasteiger partial charge on any atom is 0.141 e. The van der Waals surface area contributed by atoms with Crippen LogP contribution in [0.25, 0.3) is 10.2 Å². The third kappa shape index (κ3) is 3.10. The number of anilines is 1. The zero-order chi connectivity index (χ0) is 15.7. The first-order valence-electron chi connectivity index (χ1n) is 8.30. The summed E-state index contributed by atoms with van der Waals surface area (Å²) in [7, 11) is 0. The second-order valence-corrected chi connectivity index (χ2v) is 7.41. The van der Waals surface area contributed by atoms with Crippen LogP contribution < -0.4 is 4.90 Å². The number of aromatic nitrogens is 2. The number of hydrogen-bond acceptors (Lipinski definition) is 5. The molecule has 22 heavy (non-hydrogen) atoms. The predicted molar refractivity (Wildman–Crippen MR) is 95.0 cm³/mol. The van der Waals surface area contributed by atoms with Crippen molar-refractivity contribution in [2.45, 2.75) is 34.1 Å². The summed E-state index contributed by atoms with van der Waals surface area (Å²) in [5, 5.41) is 3.58. The van der Waals surface area contributed by atoms with Gasteiger partial charge in [0.05, 0.1) is 5.39 Å². The van der Waals surface area contributed by atoms with Crippen molar-refractivity contribution >= 4 is 27.4 Å². The molecule has 1 aliphatic rings. The van der Waals surface area contributed by atoms with Crippen molar-refractivity contribution < 1.29 is 0 Å². The third-order valence-corrected chi connectivity index (χ3v) is 5.27. The van der Waals surface area contributed by atoms with Crippen molar-refractivity contribution in [3.63, 3.8) is 0 Å². The number of fused-ring (bicyclic) bond motifs is 1. The molecule has 3 rings (SSSR count). The molecule has 0 spiro atoms. The minimum Gasteiger partial charge on any atom is -0.353 e. The molecule has 2 aromatic heterocycles. The zero-order valence-corrected chi connectivity index (χ0v) is 14.9. The molecule has 4 nitrogen and oxygen atoms in total. The Morgan fingerprint density at radius 1 is 1.18 bits per heavy atom. The van der Waals surface area contributed by atoms with Crippen LogP contribution in [0.4, 0.5) is 5.82 Å². The Kier molecular flexibility index (Phi) is 4.64. The van der Waals surface area contributed by atoms with Crippen LogP contribution in [0.2, 0.25) is 0 Å². The molecular weight excluding hydrogens is 292 g/mol. The quantitative estimate of drug-likeness (QED) is 0.865. The van der Waals surface area contributed by atoms with Gasteiger partial charge in [0, 0.05) is 26.2 Å². The first kappa shape index (κ1) is 15.7. The predicted octanol–water partition coefficient (Wildman–Crippen LogP) is 3.34. The van der Waals surface area contributed by atoms with E-state index in [0.717, 1.165) is 55.6 Å². The molecule has 1 saturated heterocycles. The first-order chi connectivity index (χ1) is 10.6. The molecular formula is C17H26N4S. The van der Waals surface area contributed by atoms with Crippen LogP contribution in [0.5, 0.6) is 0 Å². The lowest BCUT2D eigenvalue weighted by Crippen LogP contribution is -2.46. The number of likely N-dealkylation sites (N-methyl/N-ethyl adjacent to an activating group) is 1. The van der Waals surface area contributed by atoms with Crippen LogP contribution in [0.1, 0.15) is 32.2 Å². The Morgan fingerprint density at radius 2 is 1.91 bits per heavy atom. The van der Waals surface area contributed by atoms with Gasteiger partial charge in [0.25, 0.3) is 0 Å². The van der Waals surface area contributed by atoms with Gasteiger partial charge in [-0.05, 0) is 36.8 Å². The standard InChI is InChI=1S/C17H26N4S/c1-5-20-6-8-21(9-7-20)16-15-14(10-12(2)3)11-22-17(15)19-13(4)18-16/h11-12H,5-10H2,1-4H3. The van der Waals surface area contributed by atoms with Crippen molar-refractivity contribution in [2.75, 3.05) is 37.6 Å². The summed E-state index contributed by atoms with van der Waals surface area (Å²) in [6.07, 6.45) is 1.11. The molecule has 0 atom stereocenters. The number of aryl methyl sites for hydroxylation is 1. The van der Waals surface area contributed by atoms with E-state index in [0.29, 0.717) is 5.92 Å². The Balaban J connectivity index is 1.98. The first-order valence-corrected chi connectivity index (χ1v) is 9.18. The summed E-state index contributed by atoms with van der Waals surface area (Å²) < 4.78 is 0. The molecule has 0 N–H and O–H groups in total. The summed E-state index contributed by atoms with van der Waals surface area (Å²) in [4.78, 5) is 15.6. The van der Waals surface area contributed by atoms with Crippen molar-refractivity contribution in [3.8, 4) is 0 Å². The van der Waals surface area contributed by atoms with Gasteiger partial charge in [-0.25, -0.2) is 9.97 Å². The van der Waals surface area contributed by atoms with Gasteiger partial charge >= 0.3 is 0 Å². The SMILES string of the molecule is CCN1CCN(c2nc(C)nc3scc(CC(C)C)c23)CC1. The minimum absolute atomic E-state index is 0.656. The molecule has 120 valence electrons. The molecule has 0 amide bonds. The maximum atomic E-state index is 4.82. The molecule has 0 saturated carbocycles. The zero-order valence-electron chi connectivity index (χ0n) is 14.1. The van der Waals surface area contributed by atoms with E-state index in [1.165, 1.54) is 10.9 Å². The van der Waals surface area contributed by atoms with Gasteiger partial charge in [-0.3, -0.25) is 0 Å². The van der Waals surface area contributed by atoms with Gasteiger partial charge in [0.15, 0.2) is 0 Å². The lowest BCUT2D eigenvalue weighted by molar-refractivity contribution is 0.270. The number of nitrogens with zero attached hydrogens (tertiary/aromatic N) is 4. The van der Waals surface area contributed by atoms with E-state index < -0.39 is 0 Å². The van der Waals surface area contributed by atoms with Crippen LogP contribution in [-0.2, 0) is 6.42 Å². The van der Waals surface area contributed by atoms with Crippen LogP contribution in [0.3, 0.4) is 0 Å². The highest BCUT2D eigenvalue weighted by molar-refractivity contribution is 7.17. The van der Waals surface area contributed by atoms with Gasteiger partial charge in [0.1, 0.15) is 16.5 Å². The van der Waals surface area contributed by atoms with Crippen LogP contribution in [0, 0.1) is 12.8 Å². The fourth-order valence-corrected chi connectivity index (χ4v) is 4.17. The fourth-order valence-electron chi connectivity index (χ4n) is 3.18. The van der Waals surface area contributed by atoms with Crippen LogP contribution in [-0.4, -0.2) is 47.6 Å². The van der Waals surface area contributed by atoms with Gasteiger partial charge < -0.3 is 9.80 Å². The van der Waals surface area contributed by atoms with Crippen molar-refractivity contribution in [2.24, 2.45) is 5.92 Å². The normalized spacial score (nSPS) is 16.9. The largest absolute Gasteiger partial charge is 0.353 e. The van der Waals surface area contributed by atoms with Crippen LogP contribution in [0.15, 0.2) is 5.38 Å². The summed E-state index contributed by atoms with van der Waals surface area (Å²) in [6, 6.07) is 0. The molecule has 0 bridgehead atoms. The summed E-state index contributed by atoms with van der Waals surface area (Å²) in [5.41, 5.74) is 1.42. The molecule has 0 aromatic carbocycles. The monoisotopic (exact) mass is 318 g/mol. The van der Waals surface area contributed by atoms with E-state index in [-0.39, 0.29) is 0 Å². The molecule has 0 aliphatic carbocycles. The maximum absolute atomic E-state index is 4.82. The summed E-state index contributed by atoms with van der Waals surface area (Å²) in [5.74, 6) is 2.71. The highest BCUT2D eigenvalue weighted by Gasteiger charge is 2.22. The average molecular weight is 318 g/mol. The van der Waals surface area contributed by atoms with Gasteiger partial charge in [0.2, 0.25) is 0 Å². The molecule has 3 heterocycles. The third-order valence-electron chi connectivity index (χ3n) is 4.35. The lowest BCUT2D eigenvalue weighted by atomic mass is 10.0. The van der Waals surface area contributed by atoms with Crippen molar-refractivity contribution in [3.05, 3.63) is 16.8 Å². The highest BCUT2D eigenvalue weighted by Crippen LogP contribution is 2.33. The fraction of sp³-hybridized carbons (Fsp3) is 0.647. The van der Waals surface area contributed by atoms with E-state index in [9.17, 15) is 0 Å². The molecule has 5 heteroatoms. The Bertz CT molecular complexity index is 641.